The first-order valence-corrected chi connectivity index (χ1v) is 11.1. The van der Waals surface area contributed by atoms with Crippen molar-refractivity contribution in [1.29, 1.82) is 0 Å². The van der Waals surface area contributed by atoms with Gasteiger partial charge >= 0.3 is 0 Å². The number of carbonyl (C=O) groups excluding carboxylic acids is 1. The molecule has 0 radical (unpaired) electrons. The highest BCUT2D eigenvalue weighted by atomic mass is 16.5. The maximum Gasteiger partial charge on any atom is 0.225 e. The molecule has 0 saturated carbocycles. The summed E-state index contributed by atoms with van der Waals surface area (Å²) in [7, 11) is 4.14. The van der Waals surface area contributed by atoms with Crippen molar-refractivity contribution in [3.8, 4) is 5.75 Å². The van der Waals surface area contributed by atoms with E-state index in [1.54, 1.807) is 0 Å². The van der Waals surface area contributed by atoms with E-state index in [4.69, 9.17) is 4.74 Å². The Bertz CT molecular complexity index is 692. The van der Waals surface area contributed by atoms with Crippen molar-refractivity contribution in [3.63, 3.8) is 0 Å². The highest BCUT2D eigenvalue weighted by Gasteiger charge is 2.32. The number of hydrogen-bond acceptors (Lipinski definition) is 3. The first-order chi connectivity index (χ1) is 13.4. The highest BCUT2D eigenvalue weighted by molar-refractivity contribution is 5.79. The van der Waals surface area contributed by atoms with E-state index >= 15 is 0 Å². The molecule has 1 aliphatic heterocycles. The molecule has 156 valence electrons. The summed E-state index contributed by atoms with van der Waals surface area (Å²) < 4.78 is 6.12. The molecule has 4 heteroatoms. The molecule has 1 amide bonds. The molecule has 0 spiro atoms. The lowest BCUT2D eigenvalue weighted by Crippen LogP contribution is -2.42. The minimum absolute atomic E-state index is 0.115. The normalized spacial score (nSPS) is 20.8. The average Bonchev–Trinajstić information content (AvgIpc) is 2.70. The molecule has 1 saturated heterocycles. The fraction of sp³-hybridized carbons (Fsp3) is 0.708. The molecular weight excluding hydrogens is 348 g/mol. The van der Waals surface area contributed by atoms with Gasteiger partial charge in [0.25, 0.3) is 0 Å². The second-order valence-electron chi connectivity index (χ2n) is 9.10. The number of likely N-dealkylation sites (N-methyl/N-ethyl adjacent to an activating group) is 1. The summed E-state index contributed by atoms with van der Waals surface area (Å²) >= 11 is 0. The van der Waals surface area contributed by atoms with Crippen molar-refractivity contribution in [3.05, 3.63) is 28.3 Å². The maximum atomic E-state index is 13.0. The van der Waals surface area contributed by atoms with Crippen molar-refractivity contribution in [2.45, 2.75) is 59.3 Å². The van der Waals surface area contributed by atoms with Crippen LogP contribution in [-0.2, 0) is 17.6 Å². The van der Waals surface area contributed by atoms with Crippen molar-refractivity contribution < 1.29 is 9.53 Å². The Labute approximate surface area is 171 Å². The van der Waals surface area contributed by atoms with Gasteiger partial charge in [-0.15, -0.1) is 0 Å². The third-order valence-corrected chi connectivity index (χ3v) is 6.80. The molecule has 2 aliphatic rings. The second kappa shape index (κ2) is 9.30. The minimum atomic E-state index is 0.115. The smallest absolute Gasteiger partial charge is 0.225 e. The van der Waals surface area contributed by atoms with E-state index in [1.165, 1.54) is 28.7 Å². The van der Waals surface area contributed by atoms with Crippen molar-refractivity contribution >= 4 is 5.91 Å². The molecule has 1 fully saturated rings. The molecule has 1 aromatic carbocycles. The Kier molecular flexibility index (Phi) is 7.03. The summed E-state index contributed by atoms with van der Waals surface area (Å²) in [6, 6.07) is 2.21. The third-order valence-electron chi connectivity index (χ3n) is 6.80. The zero-order valence-corrected chi connectivity index (χ0v) is 18.5. The molecule has 0 bridgehead atoms. The number of hydrogen-bond donors (Lipinski definition) is 0. The van der Waals surface area contributed by atoms with E-state index in [1.807, 2.05) is 0 Å². The predicted molar refractivity (Wildman–Crippen MR) is 115 cm³/mol. The van der Waals surface area contributed by atoms with Crippen LogP contribution in [0.5, 0.6) is 5.75 Å². The van der Waals surface area contributed by atoms with Gasteiger partial charge in [-0.05, 0) is 101 Å². The molecule has 0 N–H and O–H groups in total. The Morgan fingerprint density at radius 1 is 1.21 bits per heavy atom. The number of rotatable bonds is 6. The van der Waals surface area contributed by atoms with Crippen LogP contribution in [0.1, 0.15) is 54.9 Å². The number of aryl methyl sites for hydroxylation is 1. The minimum Gasteiger partial charge on any atom is -0.492 e. The number of fused-ring (bicyclic) bond motifs is 1. The van der Waals surface area contributed by atoms with Crippen LogP contribution in [0.2, 0.25) is 0 Å². The van der Waals surface area contributed by atoms with Gasteiger partial charge in [0.05, 0.1) is 0 Å². The summed E-state index contributed by atoms with van der Waals surface area (Å²) in [6.45, 7) is 10.1. The number of ether oxygens (including phenoxy) is 1. The van der Waals surface area contributed by atoms with Crippen LogP contribution in [0.4, 0.5) is 0 Å². The standard InChI is InChI=1S/C24H38N2O2/c1-17-15-23(28-14-13-25(4)5)19(3)22-16-20(9-10-21(17)22)18(2)24(27)26-11-7-6-8-12-26/h15,18,20H,6-14,16H2,1-5H3. The van der Waals surface area contributed by atoms with Gasteiger partial charge in [-0.2, -0.15) is 0 Å². The van der Waals surface area contributed by atoms with Crippen LogP contribution in [0.3, 0.4) is 0 Å². The van der Waals surface area contributed by atoms with Gasteiger partial charge in [-0.1, -0.05) is 6.92 Å². The van der Waals surface area contributed by atoms with E-state index in [0.717, 1.165) is 57.5 Å². The van der Waals surface area contributed by atoms with Gasteiger partial charge < -0.3 is 14.5 Å². The van der Waals surface area contributed by atoms with E-state index in [0.29, 0.717) is 18.4 Å². The lowest BCUT2D eigenvalue weighted by molar-refractivity contribution is -0.137. The van der Waals surface area contributed by atoms with Gasteiger partial charge in [0.15, 0.2) is 0 Å². The first kappa shape index (κ1) is 21.2. The largest absolute Gasteiger partial charge is 0.492 e. The Hall–Kier alpha value is -1.55. The van der Waals surface area contributed by atoms with E-state index in [9.17, 15) is 4.79 Å². The number of carbonyl (C=O) groups is 1. The summed E-state index contributed by atoms with van der Waals surface area (Å²) in [4.78, 5) is 17.3. The average molecular weight is 387 g/mol. The fourth-order valence-corrected chi connectivity index (χ4v) is 4.84. The Morgan fingerprint density at radius 3 is 2.61 bits per heavy atom. The summed E-state index contributed by atoms with van der Waals surface area (Å²) in [5.74, 6) is 1.95. The number of likely N-dealkylation sites (tertiary alicyclic amines) is 1. The van der Waals surface area contributed by atoms with Gasteiger partial charge in [0.1, 0.15) is 12.4 Å². The van der Waals surface area contributed by atoms with Gasteiger partial charge in [0.2, 0.25) is 5.91 Å². The molecule has 2 unspecified atom stereocenters. The zero-order chi connectivity index (χ0) is 20.3. The number of nitrogens with zero attached hydrogens (tertiary/aromatic N) is 2. The van der Waals surface area contributed by atoms with E-state index in [-0.39, 0.29) is 5.92 Å². The molecule has 1 aromatic rings. The van der Waals surface area contributed by atoms with E-state index < -0.39 is 0 Å². The van der Waals surface area contributed by atoms with Gasteiger partial charge in [-0.25, -0.2) is 0 Å². The molecule has 1 aliphatic carbocycles. The van der Waals surface area contributed by atoms with Crippen LogP contribution in [0.15, 0.2) is 6.07 Å². The third kappa shape index (κ3) is 4.71. The van der Waals surface area contributed by atoms with Gasteiger partial charge in [-0.3, -0.25) is 4.79 Å². The van der Waals surface area contributed by atoms with Crippen molar-refractivity contribution in [2.24, 2.45) is 11.8 Å². The molecular formula is C24H38N2O2. The lowest BCUT2D eigenvalue weighted by atomic mass is 9.74. The number of amides is 1. The summed E-state index contributed by atoms with van der Waals surface area (Å²) in [6.07, 6.45) is 6.81. The predicted octanol–water partition coefficient (Wildman–Crippen LogP) is 4.00. The lowest BCUT2D eigenvalue weighted by Gasteiger charge is -2.35. The van der Waals surface area contributed by atoms with Crippen LogP contribution in [-0.4, -0.2) is 56.0 Å². The maximum absolute atomic E-state index is 13.0. The quantitative estimate of drug-likeness (QED) is 0.741. The van der Waals surface area contributed by atoms with Crippen LogP contribution in [0.25, 0.3) is 0 Å². The Morgan fingerprint density at radius 2 is 1.93 bits per heavy atom. The summed E-state index contributed by atoms with van der Waals surface area (Å²) in [5.41, 5.74) is 5.55. The molecule has 0 aromatic heterocycles. The van der Waals surface area contributed by atoms with Crippen molar-refractivity contribution in [2.75, 3.05) is 40.3 Å². The van der Waals surface area contributed by atoms with Crippen LogP contribution < -0.4 is 4.74 Å². The van der Waals surface area contributed by atoms with Gasteiger partial charge in [0, 0.05) is 25.6 Å². The topological polar surface area (TPSA) is 32.8 Å². The molecule has 3 rings (SSSR count). The van der Waals surface area contributed by atoms with Crippen LogP contribution in [0, 0.1) is 25.7 Å². The zero-order valence-electron chi connectivity index (χ0n) is 18.5. The van der Waals surface area contributed by atoms with Crippen LogP contribution >= 0.6 is 0 Å². The fourth-order valence-electron chi connectivity index (χ4n) is 4.84. The number of benzene rings is 1. The first-order valence-electron chi connectivity index (χ1n) is 11.1. The highest BCUT2D eigenvalue weighted by Crippen LogP contribution is 2.38. The van der Waals surface area contributed by atoms with E-state index in [2.05, 4.69) is 50.7 Å². The SMILES string of the molecule is Cc1cc(OCCN(C)C)c(C)c2c1CCC(C(C)C(=O)N1CCCCC1)C2. The van der Waals surface area contributed by atoms with Crippen molar-refractivity contribution in [1.82, 2.24) is 9.80 Å². The summed E-state index contributed by atoms with van der Waals surface area (Å²) in [5, 5.41) is 0. The molecule has 28 heavy (non-hydrogen) atoms. The monoisotopic (exact) mass is 386 g/mol. The number of piperidine rings is 1. The molecule has 4 nitrogen and oxygen atoms in total. The molecule has 1 heterocycles. The second-order valence-corrected chi connectivity index (χ2v) is 9.10. The molecule has 2 atom stereocenters. The Balaban J connectivity index is 1.73.